The molecule has 3 saturated carbocycles. The van der Waals surface area contributed by atoms with Crippen molar-refractivity contribution in [1.29, 1.82) is 0 Å². The van der Waals surface area contributed by atoms with Gasteiger partial charge in [0.05, 0.1) is 5.71 Å². The molecule has 0 heterocycles. The molecule has 7 nitrogen and oxygen atoms in total. The minimum absolute atomic E-state index is 0.0122. The van der Waals surface area contributed by atoms with Gasteiger partial charge in [-0.05, 0) is 74.0 Å². The number of ether oxygens (including phenoxy) is 1. The SMILES string of the molecule is CC(=O)OC1CCC2(C)C(=CCC3C2CCC2(C)C3CC(C(C)[N+](=O)[O-])C2C(C)=NO)C1. The number of nitro groups is 1. The van der Waals surface area contributed by atoms with Crippen molar-refractivity contribution in [2.24, 2.45) is 45.6 Å². The quantitative estimate of drug-likeness (QED) is 0.159. The summed E-state index contributed by atoms with van der Waals surface area (Å²) in [4.78, 5) is 23.1. The molecule has 0 spiro atoms. The highest BCUT2D eigenvalue weighted by atomic mass is 16.6. The van der Waals surface area contributed by atoms with Crippen LogP contribution in [0.4, 0.5) is 0 Å². The van der Waals surface area contributed by atoms with Crippen LogP contribution in [0.3, 0.4) is 0 Å². The Hall–Kier alpha value is -1.92. The first-order valence-electron chi connectivity index (χ1n) is 12.2. The van der Waals surface area contributed by atoms with Gasteiger partial charge in [0.15, 0.2) is 0 Å². The van der Waals surface area contributed by atoms with Gasteiger partial charge in [-0.1, -0.05) is 30.7 Å². The summed E-state index contributed by atoms with van der Waals surface area (Å²) in [5, 5.41) is 24.9. The van der Waals surface area contributed by atoms with E-state index in [0.717, 1.165) is 44.9 Å². The summed E-state index contributed by atoms with van der Waals surface area (Å²) >= 11 is 0. The van der Waals surface area contributed by atoms with Crippen LogP contribution in [0, 0.1) is 50.5 Å². The highest BCUT2D eigenvalue weighted by molar-refractivity contribution is 5.85. The summed E-state index contributed by atoms with van der Waals surface area (Å²) in [6, 6.07) is -0.651. The van der Waals surface area contributed by atoms with E-state index in [0.29, 0.717) is 23.5 Å². The molecule has 9 atom stereocenters. The lowest BCUT2D eigenvalue weighted by Gasteiger charge is -2.58. The molecule has 4 aliphatic carbocycles. The van der Waals surface area contributed by atoms with Crippen molar-refractivity contribution in [1.82, 2.24) is 0 Å². The Morgan fingerprint density at radius 3 is 2.62 bits per heavy atom. The van der Waals surface area contributed by atoms with Gasteiger partial charge in [0.2, 0.25) is 6.04 Å². The fourth-order valence-electron chi connectivity index (χ4n) is 8.54. The first kappa shape index (κ1) is 23.2. The van der Waals surface area contributed by atoms with Crippen molar-refractivity contribution in [3.63, 3.8) is 0 Å². The van der Waals surface area contributed by atoms with E-state index in [1.165, 1.54) is 12.5 Å². The molecular formula is C25H38N2O5. The second-order valence-corrected chi connectivity index (χ2v) is 11.4. The number of carbonyl (C=O) groups excluding carboxylic acids is 1. The Kier molecular flexibility index (Phi) is 5.91. The number of hydrogen-bond donors (Lipinski definition) is 1. The second kappa shape index (κ2) is 8.14. The van der Waals surface area contributed by atoms with E-state index in [1.54, 1.807) is 6.92 Å². The fourth-order valence-corrected chi connectivity index (χ4v) is 8.54. The Bertz CT molecular complexity index is 853. The van der Waals surface area contributed by atoms with Crippen molar-refractivity contribution in [2.75, 3.05) is 0 Å². The lowest BCUT2D eigenvalue weighted by atomic mass is 9.47. The van der Waals surface area contributed by atoms with E-state index in [-0.39, 0.29) is 39.7 Å². The molecule has 4 aliphatic rings. The Balaban J connectivity index is 1.65. The van der Waals surface area contributed by atoms with Crippen molar-refractivity contribution >= 4 is 11.7 Å². The van der Waals surface area contributed by atoms with Crippen molar-refractivity contribution in [3.05, 3.63) is 21.8 Å². The standard InChI is InChI=1S/C25H38N2O5/c1-14(26-29)23-20(15(2)27(30)31)13-22-19-7-6-17-12-18(32-16(3)28)8-10-24(17,4)21(19)9-11-25(22,23)5/h6,15,18-23,29H,7-13H2,1-5H3. The predicted octanol–water partition coefficient (Wildman–Crippen LogP) is 5.24. The van der Waals surface area contributed by atoms with E-state index in [1.807, 2.05) is 6.92 Å². The molecule has 0 aliphatic heterocycles. The highest BCUT2D eigenvalue weighted by Gasteiger charge is 2.63. The van der Waals surface area contributed by atoms with Crippen LogP contribution < -0.4 is 0 Å². The molecule has 0 aromatic rings. The Morgan fingerprint density at radius 2 is 2.00 bits per heavy atom. The fraction of sp³-hybridized carbons (Fsp3) is 0.840. The van der Waals surface area contributed by atoms with Crippen molar-refractivity contribution in [3.8, 4) is 0 Å². The molecule has 0 aromatic heterocycles. The highest BCUT2D eigenvalue weighted by Crippen LogP contribution is 2.68. The van der Waals surface area contributed by atoms with Gasteiger partial charge in [0.25, 0.3) is 0 Å². The average Bonchev–Trinajstić information content (AvgIpc) is 3.05. The molecule has 3 fully saturated rings. The van der Waals surface area contributed by atoms with Gasteiger partial charge in [-0.2, -0.15) is 0 Å². The van der Waals surface area contributed by atoms with Crippen LogP contribution in [0.1, 0.15) is 79.6 Å². The third-order valence-corrected chi connectivity index (χ3v) is 10.1. The predicted molar refractivity (Wildman–Crippen MR) is 121 cm³/mol. The number of allylic oxidation sites excluding steroid dienone is 1. The lowest BCUT2D eigenvalue weighted by molar-refractivity contribution is -0.528. The molecule has 32 heavy (non-hydrogen) atoms. The molecule has 0 saturated heterocycles. The van der Waals surface area contributed by atoms with Crippen LogP contribution in [0.5, 0.6) is 0 Å². The topological polar surface area (TPSA) is 102 Å². The maximum atomic E-state index is 11.7. The van der Waals surface area contributed by atoms with Gasteiger partial charge in [-0.3, -0.25) is 14.9 Å². The smallest absolute Gasteiger partial charge is 0.302 e. The first-order chi connectivity index (χ1) is 15.0. The van der Waals surface area contributed by atoms with E-state index < -0.39 is 6.04 Å². The summed E-state index contributed by atoms with van der Waals surface area (Å²) in [6.07, 6.45) is 9.07. The monoisotopic (exact) mass is 446 g/mol. The van der Waals surface area contributed by atoms with Crippen LogP contribution in [0.2, 0.25) is 0 Å². The first-order valence-corrected chi connectivity index (χ1v) is 12.2. The van der Waals surface area contributed by atoms with E-state index in [2.05, 4.69) is 25.1 Å². The van der Waals surface area contributed by atoms with Crippen molar-refractivity contribution in [2.45, 2.75) is 91.7 Å². The lowest BCUT2D eigenvalue weighted by Crippen LogP contribution is -2.51. The molecule has 0 bridgehead atoms. The zero-order valence-electron chi connectivity index (χ0n) is 20.0. The largest absolute Gasteiger partial charge is 0.462 e. The zero-order valence-corrected chi connectivity index (χ0v) is 20.0. The zero-order chi connectivity index (χ0) is 23.4. The molecule has 4 rings (SSSR count). The maximum absolute atomic E-state index is 11.7. The number of carbonyl (C=O) groups is 1. The van der Waals surface area contributed by atoms with Gasteiger partial charge < -0.3 is 9.94 Å². The second-order valence-electron chi connectivity index (χ2n) is 11.4. The normalized spacial score (nSPS) is 44.5. The third-order valence-electron chi connectivity index (χ3n) is 10.1. The number of fused-ring (bicyclic) bond motifs is 5. The number of oxime groups is 1. The summed E-state index contributed by atoms with van der Waals surface area (Å²) in [7, 11) is 0. The van der Waals surface area contributed by atoms with Crippen LogP contribution in [0.15, 0.2) is 16.8 Å². The number of nitrogens with zero attached hydrogens (tertiary/aromatic N) is 2. The van der Waals surface area contributed by atoms with Crippen LogP contribution >= 0.6 is 0 Å². The number of rotatable bonds is 4. The number of esters is 1. The van der Waals surface area contributed by atoms with Crippen molar-refractivity contribution < 1.29 is 19.7 Å². The molecule has 0 radical (unpaired) electrons. The summed E-state index contributed by atoms with van der Waals surface area (Å²) in [5.74, 6) is 1.06. The van der Waals surface area contributed by atoms with Gasteiger partial charge in [-0.25, -0.2) is 0 Å². The summed E-state index contributed by atoms with van der Waals surface area (Å²) in [5.41, 5.74) is 2.12. The van der Waals surface area contributed by atoms with E-state index in [9.17, 15) is 20.1 Å². The Labute approximate surface area is 190 Å². The van der Waals surface area contributed by atoms with Crippen LogP contribution in [-0.4, -0.2) is 34.0 Å². The minimum atomic E-state index is -0.651. The molecular weight excluding hydrogens is 408 g/mol. The molecule has 9 unspecified atom stereocenters. The van der Waals surface area contributed by atoms with Gasteiger partial charge in [0.1, 0.15) is 6.10 Å². The van der Waals surface area contributed by atoms with Gasteiger partial charge in [-0.15, -0.1) is 0 Å². The molecule has 178 valence electrons. The Morgan fingerprint density at radius 1 is 1.28 bits per heavy atom. The number of hydrogen-bond acceptors (Lipinski definition) is 6. The summed E-state index contributed by atoms with van der Waals surface area (Å²) < 4.78 is 5.54. The third kappa shape index (κ3) is 3.47. The average molecular weight is 447 g/mol. The molecule has 1 N–H and O–H groups in total. The maximum Gasteiger partial charge on any atom is 0.302 e. The van der Waals surface area contributed by atoms with Gasteiger partial charge in [0, 0.05) is 37.0 Å². The van der Waals surface area contributed by atoms with Crippen LogP contribution in [0.25, 0.3) is 0 Å². The van der Waals surface area contributed by atoms with Gasteiger partial charge >= 0.3 is 5.97 Å². The molecule has 0 amide bonds. The van der Waals surface area contributed by atoms with E-state index >= 15 is 0 Å². The van der Waals surface area contributed by atoms with E-state index in [4.69, 9.17) is 4.74 Å². The molecule has 7 heteroatoms. The summed E-state index contributed by atoms with van der Waals surface area (Å²) in [6.45, 7) is 9.72. The molecule has 0 aromatic carbocycles. The van der Waals surface area contributed by atoms with Crippen LogP contribution in [-0.2, 0) is 9.53 Å². The minimum Gasteiger partial charge on any atom is -0.462 e.